The molecule has 7 nitrogen and oxygen atoms in total. The molecular weight excluding hydrogens is 408 g/mol. The van der Waals surface area contributed by atoms with E-state index in [1.165, 1.54) is 7.11 Å². The van der Waals surface area contributed by atoms with Crippen molar-refractivity contribution in [3.8, 4) is 0 Å². The number of amides is 3. The number of hydrogen-bond acceptors (Lipinski definition) is 5. The molecule has 0 aliphatic carbocycles. The van der Waals surface area contributed by atoms with Crippen LogP contribution in [0.25, 0.3) is 0 Å². The standard InChI is InChI=1S/C25H24N2O5/c1-14(2)11-12-15-7-6-10-19-21(15)18(22(28)26-19)13-20(25(31)32-3)27-23(29)16-8-4-5-9-17(16)24(27)30/h4-11,18,20H,12-13H2,1-3H3,(H,26,28). The van der Waals surface area contributed by atoms with E-state index < -0.39 is 29.7 Å². The van der Waals surface area contributed by atoms with Gasteiger partial charge in [-0.2, -0.15) is 0 Å². The van der Waals surface area contributed by atoms with Gasteiger partial charge in [-0.3, -0.25) is 19.3 Å². The lowest BCUT2D eigenvalue weighted by atomic mass is 9.88. The van der Waals surface area contributed by atoms with Crippen molar-refractivity contribution in [2.75, 3.05) is 12.4 Å². The van der Waals surface area contributed by atoms with Crippen LogP contribution in [0.1, 0.15) is 58.0 Å². The fourth-order valence-electron chi connectivity index (χ4n) is 4.36. The van der Waals surface area contributed by atoms with Gasteiger partial charge in [-0.15, -0.1) is 0 Å². The minimum Gasteiger partial charge on any atom is -0.467 e. The molecule has 2 atom stereocenters. The van der Waals surface area contributed by atoms with Crippen LogP contribution in [0.3, 0.4) is 0 Å². The van der Waals surface area contributed by atoms with E-state index in [1.54, 1.807) is 24.3 Å². The van der Waals surface area contributed by atoms with Crippen LogP contribution in [0.5, 0.6) is 0 Å². The predicted octanol–water partition coefficient (Wildman–Crippen LogP) is 3.46. The molecule has 164 valence electrons. The number of allylic oxidation sites excluding steroid dienone is 2. The minimum atomic E-state index is -1.22. The van der Waals surface area contributed by atoms with E-state index in [0.29, 0.717) is 12.1 Å². The Morgan fingerprint density at radius 1 is 1.06 bits per heavy atom. The number of esters is 1. The predicted molar refractivity (Wildman–Crippen MR) is 118 cm³/mol. The molecule has 1 N–H and O–H groups in total. The Hall–Kier alpha value is -3.74. The highest BCUT2D eigenvalue weighted by Gasteiger charge is 2.46. The average molecular weight is 432 g/mol. The van der Waals surface area contributed by atoms with Gasteiger partial charge in [0.2, 0.25) is 5.91 Å². The zero-order chi connectivity index (χ0) is 23.0. The number of nitrogens with zero attached hydrogens (tertiary/aromatic N) is 1. The van der Waals surface area contributed by atoms with Crippen LogP contribution in [0.15, 0.2) is 54.1 Å². The highest BCUT2D eigenvalue weighted by atomic mass is 16.5. The third kappa shape index (κ3) is 3.60. The topological polar surface area (TPSA) is 92.8 Å². The second kappa shape index (κ2) is 8.42. The summed E-state index contributed by atoms with van der Waals surface area (Å²) in [5, 5.41) is 2.87. The van der Waals surface area contributed by atoms with Gasteiger partial charge in [0.1, 0.15) is 6.04 Å². The third-order valence-corrected chi connectivity index (χ3v) is 5.92. The number of imide groups is 1. The van der Waals surface area contributed by atoms with Crippen LogP contribution in [-0.2, 0) is 20.7 Å². The van der Waals surface area contributed by atoms with E-state index in [-0.39, 0.29) is 23.5 Å². The molecule has 2 aromatic carbocycles. The fraction of sp³-hybridized carbons (Fsp3) is 0.280. The largest absolute Gasteiger partial charge is 0.467 e. The van der Waals surface area contributed by atoms with Crippen molar-refractivity contribution in [2.45, 2.75) is 38.6 Å². The van der Waals surface area contributed by atoms with Gasteiger partial charge >= 0.3 is 5.97 Å². The smallest absolute Gasteiger partial charge is 0.329 e. The molecule has 0 fully saturated rings. The molecule has 0 saturated heterocycles. The SMILES string of the molecule is COC(=O)C(CC1C(=O)Nc2cccc(CC=C(C)C)c21)N1C(=O)c2ccccc2C1=O. The van der Waals surface area contributed by atoms with Crippen LogP contribution >= 0.6 is 0 Å². The second-order valence-corrected chi connectivity index (χ2v) is 8.21. The maximum atomic E-state index is 13.0. The lowest BCUT2D eigenvalue weighted by Crippen LogP contribution is -2.46. The van der Waals surface area contributed by atoms with Gasteiger partial charge in [0.15, 0.2) is 0 Å². The van der Waals surface area contributed by atoms with Crippen molar-refractivity contribution >= 4 is 29.4 Å². The van der Waals surface area contributed by atoms with E-state index in [0.717, 1.165) is 21.6 Å². The van der Waals surface area contributed by atoms with Crippen LogP contribution < -0.4 is 5.32 Å². The molecule has 0 spiro atoms. The maximum absolute atomic E-state index is 13.0. The molecule has 2 aromatic rings. The third-order valence-electron chi connectivity index (χ3n) is 5.92. The van der Waals surface area contributed by atoms with Crippen molar-refractivity contribution in [1.82, 2.24) is 4.90 Å². The van der Waals surface area contributed by atoms with Gasteiger partial charge in [-0.05, 0) is 56.0 Å². The van der Waals surface area contributed by atoms with E-state index >= 15 is 0 Å². The molecule has 2 aliphatic rings. The van der Waals surface area contributed by atoms with E-state index in [9.17, 15) is 19.2 Å². The van der Waals surface area contributed by atoms with Gasteiger partial charge in [-0.25, -0.2) is 4.79 Å². The van der Waals surface area contributed by atoms with E-state index in [2.05, 4.69) is 11.4 Å². The summed E-state index contributed by atoms with van der Waals surface area (Å²) in [6, 6.07) is 10.9. The number of methoxy groups -OCH3 is 1. The summed E-state index contributed by atoms with van der Waals surface area (Å²) < 4.78 is 4.94. The Morgan fingerprint density at radius 3 is 2.31 bits per heavy atom. The first-order valence-corrected chi connectivity index (χ1v) is 10.4. The Kier molecular flexibility index (Phi) is 5.65. The number of carbonyl (C=O) groups excluding carboxylic acids is 4. The van der Waals surface area contributed by atoms with Crippen LogP contribution in [-0.4, -0.2) is 41.7 Å². The molecule has 7 heteroatoms. The zero-order valence-corrected chi connectivity index (χ0v) is 18.2. The van der Waals surface area contributed by atoms with E-state index in [4.69, 9.17) is 4.74 Å². The number of benzene rings is 2. The van der Waals surface area contributed by atoms with Crippen molar-refractivity contribution in [3.63, 3.8) is 0 Å². The summed E-state index contributed by atoms with van der Waals surface area (Å²) in [5.41, 5.74) is 4.07. The molecule has 0 saturated carbocycles. The van der Waals surface area contributed by atoms with Crippen LogP contribution in [0.4, 0.5) is 5.69 Å². The average Bonchev–Trinajstić information content (AvgIpc) is 3.23. The number of nitrogens with one attached hydrogen (secondary N) is 1. The molecule has 3 amide bonds. The van der Waals surface area contributed by atoms with Crippen molar-refractivity contribution < 1.29 is 23.9 Å². The van der Waals surface area contributed by atoms with Gasteiger partial charge in [0, 0.05) is 5.69 Å². The van der Waals surface area contributed by atoms with Gasteiger partial charge in [0.25, 0.3) is 11.8 Å². The molecule has 0 aromatic heterocycles. The second-order valence-electron chi connectivity index (χ2n) is 8.21. The van der Waals surface area contributed by atoms with Crippen molar-refractivity contribution in [2.24, 2.45) is 0 Å². The molecule has 4 rings (SSSR count). The highest BCUT2D eigenvalue weighted by molar-refractivity contribution is 6.22. The number of ether oxygens (including phenoxy) is 1. The van der Waals surface area contributed by atoms with E-state index in [1.807, 2.05) is 32.0 Å². The monoisotopic (exact) mass is 432 g/mol. The lowest BCUT2D eigenvalue weighted by molar-refractivity contribution is -0.145. The highest BCUT2D eigenvalue weighted by Crippen LogP contribution is 2.40. The molecule has 0 bridgehead atoms. The molecular formula is C25H24N2O5. The normalized spacial score (nSPS) is 17.5. The van der Waals surface area contributed by atoms with Crippen LogP contribution in [0, 0.1) is 0 Å². The Morgan fingerprint density at radius 2 is 1.72 bits per heavy atom. The first-order valence-electron chi connectivity index (χ1n) is 10.4. The number of anilines is 1. The summed E-state index contributed by atoms with van der Waals surface area (Å²) in [4.78, 5) is 52.6. The summed E-state index contributed by atoms with van der Waals surface area (Å²) in [7, 11) is 1.20. The van der Waals surface area contributed by atoms with Crippen LogP contribution in [0.2, 0.25) is 0 Å². The maximum Gasteiger partial charge on any atom is 0.329 e. The fourth-order valence-corrected chi connectivity index (χ4v) is 4.36. The number of rotatable bonds is 6. The zero-order valence-electron chi connectivity index (χ0n) is 18.2. The van der Waals surface area contributed by atoms with Crippen molar-refractivity contribution in [3.05, 3.63) is 76.4 Å². The summed E-state index contributed by atoms with van der Waals surface area (Å²) in [6.07, 6.45) is 2.65. The van der Waals surface area contributed by atoms with Crippen molar-refractivity contribution in [1.29, 1.82) is 0 Å². The molecule has 32 heavy (non-hydrogen) atoms. The summed E-state index contributed by atoms with van der Waals surface area (Å²) in [6.45, 7) is 4.00. The number of carbonyl (C=O) groups is 4. The lowest BCUT2D eigenvalue weighted by Gasteiger charge is -2.26. The number of hydrogen-bond donors (Lipinski definition) is 1. The first-order chi connectivity index (χ1) is 15.3. The molecule has 2 aliphatic heterocycles. The molecule has 0 radical (unpaired) electrons. The first kappa shape index (κ1) is 21.5. The summed E-state index contributed by atoms with van der Waals surface area (Å²) >= 11 is 0. The minimum absolute atomic E-state index is 0.0528. The quantitative estimate of drug-likeness (QED) is 0.429. The van der Waals surface area contributed by atoms with Gasteiger partial charge < -0.3 is 10.1 Å². The Balaban J connectivity index is 1.71. The summed E-state index contributed by atoms with van der Waals surface area (Å²) in [5.74, 6) is -2.81. The number of fused-ring (bicyclic) bond motifs is 2. The molecule has 2 unspecified atom stereocenters. The Bertz CT molecular complexity index is 1130. The Labute approximate surface area is 186 Å². The van der Waals surface area contributed by atoms with Gasteiger partial charge in [-0.1, -0.05) is 35.9 Å². The van der Waals surface area contributed by atoms with Gasteiger partial charge in [0.05, 0.1) is 24.2 Å². The molecule has 2 heterocycles.